The number of ether oxygens (including phenoxy) is 1. The Balaban J connectivity index is 1.94. The van der Waals surface area contributed by atoms with Crippen molar-refractivity contribution >= 4 is 5.97 Å². The number of hydrogen-bond donors (Lipinski definition) is 1. The first kappa shape index (κ1) is 14.8. The zero-order valence-electron chi connectivity index (χ0n) is 12.3. The van der Waals surface area contributed by atoms with Crippen molar-refractivity contribution < 1.29 is 14.6 Å². The van der Waals surface area contributed by atoms with Crippen LogP contribution in [0.2, 0.25) is 0 Å². The van der Waals surface area contributed by atoms with Gasteiger partial charge in [0.2, 0.25) is 0 Å². The van der Waals surface area contributed by atoms with E-state index in [1.165, 1.54) is 12.3 Å². The third-order valence-electron chi connectivity index (χ3n) is 3.47. The number of para-hydroxylation sites is 1. The van der Waals surface area contributed by atoms with Gasteiger partial charge in [-0.05, 0) is 17.7 Å². The number of aromatic nitrogens is 1. The summed E-state index contributed by atoms with van der Waals surface area (Å²) in [4.78, 5) is 15.5. The lowest BCUT2D eigenvalue weighted by molar-refractivity contribution is 0.0697. The summed E-state index contributed by atoms with van der Waals surface area (Å²) < 4.78 is 5.89. The van der Waals surface area contributed by atoms with Gasteiger partial charge >= 0.3 is 5.97 Å². The monoisotopic (exact) mass is 305 g/mol. The molecule has 23 heavy (non-hydrogen) atoms. The van der Waals surface area contributed by atoms with Crippen molar-refractivity contribution in [3.8, 4) is 16.9 Å². The van der Waals surface area contributed by atoms with Gasteiger partial charge in [0.05, 0.1) is 5.56 Å². The van der Waals surface area contributed by atoms with Crippen LogP contribution in [-0.2, 0) is 6.61 Å². The highest BCUT2D eigenvalue weighted by molar-refractivity contribution is 5.96. The minimum atomic E-state index is -0.986. The molecule has 0 fully saturated rings. The van der Waals surface area contributed by atoms with Crippen molar-refractivity contribution in [3.63, 3.8) is 0 Å². The molecule has 3 aromatic rings. The number of carboxylic acid groups (broad SMARTS) is 1. The number of carboxylic acids is 1. The normalized spacial score (nSPS) is 10.3. The number of nitrogens with zero attached hydrogens (tertiary/aromatic N) is 1. The van der Waals surface area contributed by atoms with Crippen LogP contribution in [0.1, 0.15) is 15.9 Å². The van der Waals surface area contributed by atoms with Crippen LogP contribution in [-0.4, -0.2) is 16.1 Å². The standard InChI is InChI=1S/C19H15NO3/c21-19(22)16-10-11-20-12-17(16)15-8-4-5-9-18(15)23-13-14-6-2-1-3-7-14/h1-12H,13H2,(H,21,22). The Kier molecular flexibility index (Phi) is 4.34. The maximum absolute atomic E-state index is 11.4. The Morgan fingerprint density at radius 2 is 1.70 bits per heavy atom. The number of rotatable bonds is 5. The molecule has 0 saturated heterocycles. The Morgan fingerprint density at radius 3 is 2.48 bits per heavy atom. The second-order valence-electron chi connectivity index (χ2n) is 5.00. The summed E-state index contributed by atoms with van der Waals surface area (Å²) in [7, 11) is 0. The summed E-state index contributed by atoms with van der Waals surface area (Å²) in [5, 5.41) is 9.36. The van der Waals surface area contributed by atoms with E-state index in [0.29, 0.717) is 23.5 Å². The summed E-state index contributed by atoms with van der Waals surface area (Å²) in [6, 6.07) is 18.7. The average Bonchev–Trinajstić information content (AvgIpc) is 2.61. The molecule has 1 aromatic heterocycles. The second kappa shape index (κ2) is 6.75. The summed E-state index contributed by atoms with van der Waals surface area (Å²) >= 11 is 0. The number of aromatic carboxylic acids is 1. The first-order valence-electron chi connectivity index (χ1n) is 7.19. The van der Waals surface area contributed by atoms with Crippen LogP contribution in [0.25, 0.3) is 11.1 Å². The van der Waals surface area contributed by atoms with Crippen molar-refractivity contribution in [1.82, 2.24) is 4.98 Å². The molecule has 0 amide bonds. The van der Waals surface area contributed by atoms with E-state index in [0.717, 1.165) is 5.56 Å². The van der Waals surface area contributed by atoms with Crippen LogP contribution in [0.4, 0.5) is 0 Å². The van der Waals surface area contributed by atoms with E-state index in [2.05, 4.69) is 4.98 Å². The topological polar surface area (TPSA) is 59.4 Å². The van der Waals surface area contributed by atoms with Gasteiger partial charge in [0.15, 0.2) is 0 Å². The Labute approximate surface area is 134 Å². The first-order chi connectivity index (χ1) is 11.3. The Bertz CT molecular complexity index is 816. The highest BCUT2D eigenvalue weighted by Gasteiger charge is 2.15. The molecule has 0 unspecified atom stereocenters. The lowest BCUT2D eigenvalue weighted by atomic mass is 10.0. The fourth-order valence-corrected chi connectivity index (χ4v) is 2.35. The summed E-state index contributed by atoms with van der Waals surface area (Å²) in [6.45, 7) is 0.417. The Morgan fingerprint density at radius 1 is 0.957 bits per heavy atom. The molecule has 114 valence electrons. The van der Waals surface area contributed by atoms with Crippen molar-refractivity contribution in [2.45, 2.75) is 6.61 Å². The van der Waals surface area contributed by atoms with E-state index in [1.54, 1.807) is 6.20 Å². The largest absolute Gasteiger partial charge is 0.488 e. The number of pyridine rings is 1. The lowest BCUT2D eigenvalue weighted by Gasteiger charge is -2.13. The van der Waals surface area contributed by atoms with Crippen LogP contribution in [0, 0.1) is 0 Å². The van der Waals surface area contributed by atoms with Crippen LogP contribution in [0.5, 0.6) is 5.75 Å². The molecule has 0 aliphatic rings. The maximum Gasteiger partial charge on any atom is 0.336 e. The zero-order valence-corrected chi connectivity index (χ0v) is 12.3. The second-order valence-corrected chi connectivity index (χ2v) is 5.00. The predicted molar refractivity (Wildman–Crippen MR) is 87.4 cm³/mol. The van der Waals surface area contributed by atoms with Crippen molar-refractivity contribution in [2.24, 2.45) is 0 Å². The van der Waals surface area contributed by atoms with E-state index in [9.17, 15) is 9.90 Å². The zero-order chi connectivity index (χ0) is 16.1. The van der Waals surface area contributed by atoms with Gasteiger partial charge in [0.1, 0.15) is 12.4 Å². The van der Waals surface area contributed by atoms with Gasteiger partial charge < -0.3 is 9.84 Å². The molecule has 0 spiro atoms. The molecule has 0 saturated carbocycles. The number of carbonyl (C=O) groups is 1. The van der Waals surface area contributed by atoms with Gasteiger partial charge in [0.25, 0.3) is 0 Å². The predicted octanol–water partition coefficient (Wildman–Crippen LogP) is 4.03. The van der Waals surface area contributed by atoms with E-state index < -0.39 is 5.97 Å². The molecular formula is C19H15NO3. The first-order valence-corrected chi connectivity index (χ1v) is 7.19. The summed E-state index contributed by atoms with van der Waals surface area (Å²) in [5.41, 5.74) is 2.51. The number of benzene rings is 2. The number of hydrogen-bond acceptors (Lipinski definition) is 3. The summed E-state index contributed by atoms with van der Waals surface area (Å²) in [6.07, 6.45) is 3.02. The molecule has 0 radical (unpaired) electrons. The molecule has 0 aliphatic heterocycles. The third kappa shape index (κ3) is 3.37. The maximum atomic E-state index is 11.4. The SMILES string of the molecule is O=C(O)c1ccncc1-c1ccccc1OCc1ccccc1. The average molecular weight is 305 g/mol. The minimum absolute atomic E-state index is 0.204. The van der Waals surface area contributed by atoms with Crippen molar-refractivity contribution in [1.29, 1.82) is 0 Å². The highest BCUT2D eigenvalue weighted by Crippen LogP contribution is 2.32. The molecule has 4 heteroatoms. The molecular weight excluding hydrogens is 290 g/mol. The fraction of sp³-hybridized carbons (Fsp3) is 0.0526. The van der Waals surface area contributed by atoms with Gasteiger partial charge in [-0.25, -0.2) is 4.79 Å². The fourth-order valence-electron chi connectivity index (χ4n) is 2.35. The molecule has 2 aromatic carbocycles. The van der Waals surface area contributed by atoms with Crippen LogP contribution in [0.15, 0.2) is 73.1 Å². The molecule has 0 bridgehead atoms. The van der Waals surface area contributed by atoms with E-state index >= 15 is 0 Å². The smallest absolute Gasteiger partial charge is 0.336 e. The molecule has 0 atom stereocenters. The van der Waals surface area contributed by atoms with Crippen LogP contribution in [0.3, 0.4) is 0 Å². The molecule has 4 nitrogen and oxygen atoms in total. The van der Waals surface area contributed by atoms with Gasteiger partial charge in [-0.15, -0.1) is 0 Å². The minimum Gasteiger partial charge on any atom is -0.488 e. The molecule has 1 N–H and O–H groups in total. The molecule has 3 rings (SSSR count). The van der Waals surface area contributed by atoms with E-state index in [4.69, 9.17) is 4.74 Å². The highest BCUT2D eigenvalue weighted by atomic mass is 16.5. The van der Waals surface area contributed by atoms with Gasteiger partial charge in [-0.2, -0.15) is 0 Å². The van der Waals surface area contributed by atoms with Gasteiger partial charge in [-0.3, -0.25) is 4.98 Å². The Hall–Kier alpha value is -3.14. The summed E-state index contributed by atoms with van der Waals surface area (Å²) in [5.74, 6) is -0.355. The van der Waals surface area contributed by atoms with Crippen molar-refractivity contribution in [2.75, 3.05) is 0 Å². The van der Waals surface area contributed by atoms with Crippen molar-refractivity contribution in [3.05, 3.63) is 84.2 Å². The molecule has 0 aliphatic carbocycles. The third-order valence-corrected chi connectivity index (χ3v) is 3.47. The molecule has 1 heterocycles. The van der Waals surface area contributed by atoms with E-state index in [1.807, 2.05) is 54.6 Å². The van der Waals surface area contributed by atoms with Crippen LogP contribution >= 0.6 is 0 Å². The van der Waals surface area contributed by atoms with Gasteiger partial charge in [0, 0.05) is 23.5 Å². The van der Waals surface area contributed by atoms with Crippen LogP contribution < -0.4 is 4.74 Å². The lowest BCUT2D eigenvalue weighted by Crippen LogP contribution is -2.02. The quantitative estimate of drug-likeness (QED) is 0.773. The van der Waals surface area contributed by atoms with E-state index in [-0.39, 0.29) is 5.56 Å². The van der Waals surface area contributed by atoms with Gasteiger partial charge in [-0.1, -0.05) is 48.5 Å².